The Labute approximate surface area is 127 Å². The third kappa shape index (κ3) is 6.81. The van der Waals surface area contributed by atoms with Gasteiger partial charge in [-0.1, -0.05) is 6.92 Å². The highest BCUT2D eigenvalue weighted by atomic mass is 32.2. The molecular formula is C14H29N3O2S. The van der Waals surface area contributed by atoms with E-state index in [1.807, 2.05) is 32.5 Å². The standard InChI is InChI=1S/C14H29N3O2S/c1-11-10-17(7-8-20-11)12(9-15)5-6-16-13(18)19-14(2,3)4/h11-12H,5-10,15H2,1-4H3,(H,16,18). The number of carbonyl (C=O) groups is 1. The lowest BCUT2D eigenvalue weighted by atomic mass is 10.1. The van der Waals surface area contributed by atoms with E-state index >= 15 is 0 Å². The Morgan fingerprint density at radius 3 is 2.80 bits per heavy atom. The van der Waals surface area contributed by atoms with Gasteiger partial charge in [-0.2, -0.15) is 11.8 Å². The van der Waals surface area contributed by atoms with Gasteiger partial charge in [0.25, 0.3) is 0 Å². The molecule has 0 radical (unpaired) electrons. The zero-order valence-electron chi connectivity index (χ0n) is 13.1. The summed E-state index contributed by atoms with van der Waals surface area (Å²) in [6, 6.07) is 0.341. The van der Waals surface area contributed by atoms with Gasteiger partial charge in [-0.25, -0.2) is 4.79 Å². The summed E-state index contributed by atoms with van der Waals surface area (Å²) in [4.78, 5) is 14.0. The van der Waals surface area contributed by atoms with Crippen molar-refractivity contribution in [3.8, 4) is 0 Å². The molecule has 3 N–H and O–H groups in total. The second-order valence-electron chi connectivity index (χ2n) is 6.28. The summed E-state index contributed by atoms with van der Waals surface area (Å²) in [6.07, 6.45) is 0.517. The summed E-state index contributed by atoms with van der Waals surface area (Å²) in [5.41, 5.74) is 5.43. The van der Waals surface area contributed by atoms with Crippen molar-refractivity contribution in [2.45, 2.75) is 51.0 Å². The normalized spacial score (nSPS) is 22.4. The molecule has 5 nitrogen and oxygen atoms in total. The van der Waals surface area contributed by atoms with Crippen molar-refractivity contribution in [3.63, 3.8) is 0 Å². The number of nitrogens with zero attached hydrogens (tertiary/aromatic N) is 1. The molecule has 1 saturated heterocycles. The molecule has 0 aromatic carbocycles. The minimum Gasteiger partial charge on any atom is -0.444 e. The van der Waals surface area contributed by atoms with E-state index in [0.717, 1.165) is 25.3 Å². The van der Waals surface area contributed by atoms with Gasteiger partial charge >= 0.3 is 6.09 Å². The Kier molecular flexibility index (Phi) is 7.12. The van der Waals surface area contributed by atoms with Crippen LogP contribution in [0.25, 0.3) is 0 Å². The van der Waals surface area contributed by atoms with Crippen LogP contribution >= 0.6 is 11.8 Å². The van der Waals surface area contributed by atoms with Crippen LogP contribution in [0, 0.1) is 0 Å². The molecule has 1 heterocycles. The predicted molar refractivity (Wildman–Crippen MR) is 85.2 cm³/mol. The molecular weight excluding hydrogens is 274 g/mol. The first-order valence-electron chi connectivity index (χ1n) is 7.34. The fourth-order valence-corrected chi connectivity index (χ4v) is 3.32. The molecule has 0 aromatic rings. The highest BCUT2D eigenvalue weighted by Gasteiger charge is 2.23. The minimum atomic E-state index is -0.448. The summed E-state index contributed by atoms with van der Waals surface area (Å²) in [5.74, 6) is 1.16. The summed E-state index contributed by atoms with van der Waals surface area (Å²) < 4.78 is 5.22. The molecule has 1 aliphatic heterocycles. The average molecular weight is 303 g/mol. The van der Waals surface area contributed by atoms with Gasteiger partial charge in [0.2, 0.25) is 0 Å². The smallest absolute Gasteiger partial charge is 0.407 e. The lowest BCUT2D eigenvalue weighted by Crippen LogP contribution is -2.48. The number of alkyl carbamates (subject to hydrolysis) is 1. The zero-order chi connectivity index (χ0) is 15.2. The van der Waals surface area contributed by atoms with Crippen molar-refractivity contribution in [1.82, 2.24) is 10.2 Å². The summed E-state index contributed by atoms with van der Waals surface area (Å²) in [5, 5.41) is 3.47. The lowest BCUT2D eigenvalue weighted by Gasteiger charge is -2.36. The number of hydrogen-bond donors (Lipinski definition) is 2. The van der Waals surface area contributed by atoms with Crippen molar-refractivity contribution < 1.29 is 9.53 Å². The molecule has 1 aliphatic rings. The quantitative estimate of drug-likeness (QED) is 0.808. The minimum absolute atomic E-state index is 0.341. The topological polar surface area (TPSA) is 67.6 Å². The van der Waals surface area contributed by atoms with Gasteiger partial charge in [0, 0.05) is 43.2 Å². The van der Waals surface area contributed by atoms with E-state index in [0.29, 0.717) is 24.4 Å². The molecule has 0 saturated carbocycles. The van der Waals surface area contributed by atoms with Crippen LogP contribution in [0.1, 0.15) is 34.1 Å². The molecule has 2 atom stereocenters. The fraction of sp³-hybridized carbons (Fsp3) is 0.929. The van der Waals surface area contributed by atoms with E-state index in [-0.39, 0.29) is 6.09 Å². The van der Waals surface area contributed by atoms with Gasteiger partial charge in [0.05, 0.1) is 0 Å². The lowest BCUT2D eigenvalue weighted by molar-refractivity contribution is 0.0522. The van der Waals surface area contributed by atoms with Gasteiger partial charge < -0.3 is 15.8 Å². The van der Waals surface area contributed by atoms with E-state index in [2.05, 4.69) is 17.1 Å². The number of carbonyl (C=O) groups excluding carboxylic acids is 1. The number of thioether (sulfide) groups is 1. The molecule has 2 unspecified atom stereocenters. The molecule has 20 heavy (non-hydrogen) atoms. The number of rotatable bonds is 5. The number of hydrogen-bond acceptors (Lipinski definition) is 5. The maximum atomic E-state index is 11.6. The Morgan fingerprint density at radius 1 is 1.55 bits per heavy atom. The molecule has 0 bridgehead atoms. The largest absolute Gasteiger partial charge is 0.444 e. The van der Waals surface area contributed by atoms with E-state index < -0.39 is 5.60 Å². The number of nitrogens with one attached hydrogen (secondary N) is 1. The van der Waals surface area contributed by atoms with Crippen LogP contribution in [-0.4, -0.2) is 59.8 Å². The summed E-state index contributed by atoms with van der Waals surface area (Å²) in [6.45, 7) is 11.2. The maximum absolute atomic E-state index is 11.6. The van der Waals surface area contributed by atoms with E-state index in [9.17, 15) is 4.79 Å². The summed E-state index contributed by atoms with van der Waals surface area (Å²) >= 11 is 2.01. The number of amides is 1. The van der Waals surface area contributed by atoms with E-state index in [4.69, 9.17) is 10.5 Å². The van der Waals surface area contributed by atoms with Crippen molar-refractivity contribution in [2.24, 2.45) is 5.73 Å². The Hall–Kier alpha value is -0.460. The Bertz CT molecular complexity index is 307. The number of ether oxygens (including phenoxy) is 1. The molecule has 6 heteroatoms. The highest BCUT2D eigenvalue weighted by Crippen LogP contribution is 2.20. The monoisotopic (exact) mass is 303 g/mol. The SMILES string of the molecule is CC1CN(C(CN)CCNC(=O)OC(C)(C)C)CCS1. The third-order valence-corrected chi connectivity index (χ3v) is 4.34. The second-order valence-corrected chi connectivity index (χ2v) is 7.83. The van der Waals surface area contributed by atoms with E-state index in [1.165, 1.54) is 0 Å². The van der Waals surface area contributed by atoms with Crippen LogP contribution in [0.3, 0.4) is 0 Å². The highest BCUT2D eigenvalue weighted by molar-refractivity contribution is 7.99. The first kappa shape index (κ1) is 17.6. The molecule has 0 aromatic heterocycles. The van der Waals surface area contributed by atoms with Gasteiger partial charge in [-0.3, -0.25) is 4.90 Å². The molecule has 1 amide bonds. The van der Waals surface area contributed by atoms with Crippen molar-refractivity contribution in [3.05, 3.63) is 0 Å². The molecule has 0 spiro atoms. The van der Waals surface area contributed by atoms with Crippen molar-refractivity contribution in [1.29, 1.82) is 0 Å². The molecule has 118 valence electrons. The molecule has 1 rings (SSSR count). The van der Waals surface area contributed by atoms with Crippen LogP contribution in [0.2, 0.25) is 0 Å². The Morgan fingerprint density at radius 2 is 2.25 bits per heavy atom. The summed E-state index contributed by atoms with van der Waals surface area (Å²) in [7, 11) is 0. The molecule has 0 aliphatic carbocycles. The van der Waals surface area contributed by atoms with Gasteiger partial charge in [-0.15, -0.1) is 0 Å². The van der Waals surface area contributed by atoms with Crippen LogP contribution in [0.15, 0.2) is 0 Å². The zero-order valence-corrected chi connectivity index (χ0v) is 14.0. The van der Waals surface area contributed by atoms with Crippen LogP contribution in [-0.2, 0) is 4.74 Å². The fourth-order valence-electron chi connectivity index (χ4n) is 2.28. The van der Waals surface area contributed by atoms with Crippen molar-refractivity contribution >= 4 is 17.9 Å². The Balaban J connectivity index is 2.29. The maximum Gasteiger partial charge on any atom is 0.407 e. The third-order valence-electron chi connectivity index (χ3n) is 3.21. The predicted octanol–water partition coefficient (Wildman–Crippen LogP) is 1.67. The van der Waals surface area contributed by atoms with E-state index in [1.54, 1.807) is 0 Å². The van der Waals surface area contributed by atoms with Crippen molar-refractivity contribution in [2.75, 3.05) is 31.9 Å². The second kappa shape index (κ2) is 8.10. The van der Waals surface area contributed by atoms with Gasteiger partial charge in [0.15, 0.2) is 0 Å². The van der Waals surface area contributed by atoms with Crippen LogP contribution < -0.4 is 11.1 Å². The number of nitrogens with two attached hydrogens (primary N) is 1. The average Bonchev–Trinajstić information content (AvgIpc) is 2.32. The first-order chi connectivity index (χ1) is 9.31. The van der Waals surface area contributed by atoms with Gasteiger partial charge in [0.1, 0.15) is 5.60 Å². The van der Waals surface area contributed by atoms with Crippen LogP contribution in [0.5, 0.6) is 0 Å². The van der Waals surface area contributed by atoms with Crippen LogP contribution in [0.4, 0.5) is 4.79 Å². The molecule has 1 fully saturated rings. The first-order valence-corrected chi connectivity index (χ1v) is 8.39. The van der Waals surface area contributed by atoms with Gasteiger partial charge in [-0.05, 0) is 27.2 Å².